The minimum Gasteiger partial charge on any atom is -0.411 e. The van der Waals surface area contributed by atoms with Crippen molar-refractivity contribution in [2.75, 3.05) is 0 Å². The van der Waals surface area contributed by atoms with E-state index < -0.39 is 0 Å². The summed E-state index contributed by atoms with van der Waals surface area (Å²) in [6.45, 7) is 0. The van der Waals surface area contributed by atoms with Crippen LogP contribution in [0.15, 0.2) is 59.8 Å². The third kappa shape index (κ3) is 3.04. The molecule has 1 N–H and O–H groups in total. The quantitative estimate of drug-likeness (QED) is 0.502. The van der Waals surface area contributed by atoms with E-state index >= 15 is 0 Å². The molecule has 25 heavy (non-hydrogen) atoms. The van der Waals surface area contributed by atoms with Gasteiger partial charge in [0, 0.05) is 5.56 Å². The van der Waals surface area contributed by atoms with Crippen LogP contribution in [0, 0.1) is 0 Å². The van der Waals surface area contributed by atoms with Gasteiger partial charge in [-0.3, -0.25) is 0 Å². The predicted molar refractivity (Wildman–Crippen MR) is 101 cm³/mol. The second-order valence-electron chi connectivity index (χ2n) is 6.72. The predicted octanol–water partition coefficient (Wildman–Crippen LogP) is 5.43. The summed E-state index contributed by atoms with van der Waals surface area (Å²) < 4.78 is 2.28. The van der Waals surface area contributed by atoms with Crippen molar-refractivity contribution in [3.63, 3.8) is 0 Å². The first-order valence-electron chi connectivity index (χ1n) is 9.11. The molecule has 1 saturated carbocycles. The van der Waals surface area contributed by atoms with Gasteiger partial charge < -0.3 is 9.77 Å². The smallest absolute Gasteiger partial charge is 0.141 e. The van der Waals surface area contributed by atoms with Crippen molar-refractivity contribution in [3.05, 3.63) is 54.6 Å². The summed E-state index contributed by atoms with van der Waals surface area (Å²) in [7, 11) is 0. The summed E-state index contributed by atoms with van der Waals surface area (Å²) >= 11 is 0. The third-order valence-corrected chi connectivity index (χ3v) is 5.11. The number of fused-ring (bicyclic) bond motifs is 1. The van der Waals surface area contributed by atoms with E-state index in [2.05, 4.69) is 34.0 Å². The van der Waals surface area contributed by atoms with Gasteiger partial charge in [-0.05, 0) is 31.4 Å². The Kier molecular flexibility index (Phi) is 4.51. The van der Waals surface area contributed by atoms with Crippen LogP contribution >= 0.6 is 0 Å². The summed E-state index contributed by atoms with van der Waals surface area (Å²) in [5.74, 6) is 0.952. The molecule has 0 bridgehead atoms. The fraction of sp³-hybridized carbons (Fsp3) is 0.333. The first-order chi connectivity index (χ1) is 12.4. The zero-order chi connectivity index (χ0) is 17.1. The molecule has 128 valence electrons. The minimum absolute atomic E-state index is 0.0629. The Morgan fingerprint density at radius 1 is 0.920 bits per heavy atom. The van der Waals surface area contributed by atoms with Crippen molar-refractivity contribution in [1.29, 1.82) is 0 Å². The molecule has 4 heteroatoms. The molecule has 1 aromatic heterocycles. The Morgan fingerprint density at radius 3 is 2.52 bits per heavy atom. The third-order valence-electron chi connectivity index (χ3n) is 5.11. The second kappa shape index (κ2) is 7.09. The van der Waals surface area contributed by atoms with Crippen LogP contribution in [0.25, 0.3) is 22.4 Å². The monoisotopic (exact) mass is 333 g/mol. The average molecular weight is 333 g/mol. The highest BCUT2D eigenvalue weighted by atomic mass is 16.4. The molecular formula is C21H23N3O. The standard InChI is InChI=1S/C21H23N3O/c25-23-18-13-6-1-2-7-14-20(18)24-19-15-9-8-12-17(19)22-21(24)16-10-4-3-5-11-16/h3-5,8-12,15,20,25H,1-2,6-7,13-14H2/b23-18-/t20-/m0/s1. The molecule has 1 aliphatic carbocycles. The van der Waals surface area contributed by atoms with Gasteiger partial charge in [0.1, 0.15) is 5.82 Å². The van der Waals surface area contributed by atoms with Crippen molar-refractivity contribution in [3.8, 4) is 11.4 Å². The Labute approximate surface area is 147 Å². The number of aromatic nitrogens is 2. The molecule has 0 radical (unpaired) electrons. The van der Waals surface area contributed by atoms with Crippen LogP contribution in [0.4, 0.5) is 0 Å². The molecule has 0 saturated heterocycles. The highest BCUT2D eigenvalue weighted by molar-refractivity contribution is 5.91. The van der Waals surface area contributed by atoms with Crippen LogP contribution in [0.5, 0.6) is 0 Å². The van der Waals surface area contributed by atoms with Gasteiger partial charge in [0.05, 0.1) is 22.8 Å². The molecule has 1 heterocycles. The van der Waals surface area contributed by atoms with Gasteiger partial charge in [0.2, 0.25) is 0 Å². The zero-order valence-electron chi connectivity index (χ0n) is 14.3. The molecule has 2 aromatic carbocycles. The van der Waals surface area contributed by atoms with Crippen molar-refractivity contribution in [2.24, 2.45) is 5.16 Å². The molecule has 0 aliphatic heterocycles. The Morgan fingerprint density at radius 2 is 1.68 bits per heavy atom. The molecule has 4 rings (SSSR count). The molecule has 0 amide bonds. The number of benzene rings is 2. The van der Waals surface area contributed by atoms with Crippen LogP contribution in [0.3, 0.4) is 0 Å². The van der Waals surface area contributed by atoms with Gasteiger partial charge in [0.15, 0.2) is 0 Å². The fourth-order valence-electron chi connectivity index (χ4n) is 3.88. The van der Waals surface area contributed by atoms with E-state index in [0.717, 1.165) is 53.8 Å². The molecule has 1 aliphatic rings. The number of imidazole rings is 1. The number of rotatable bonds is 2. The van der Waals surface area contributed by atoms with Crippen LogP contribution in [-0.2, 0) is 0 Å². The van der Waals surface area contributed by atoms with Crippen molar-refractivity contribution in [1.82, 2.24) is 9.55 Å². The molecule has 1 atom stereocenters. The fourth-order valence-corrected chi connectivity index (χ4v) is 3.88. The lowest BCUT2D eigenvalue weighted by molar-refractivity contribution is 0.310. The summed E-state index contributed by atoms with van der Waals surface area (Å²) in [5, 5.41) is 13.4. The second-order valence-corrected chi connectivity index (χ2v) is 6.72. The van der Waals surface area contributed by atoms with E-state index in [4.69, 9.17) is 4.98 Å². The Balaban J connectivity index is 1.92. The zero-order valence-corrected chi connectivity index (χ0v) is 14.3. The lowest BCUT2D eigenvalue weighted by Crippen LogP contribution is -2.22. The maximum absolute atomic E-state index is 9.66. The van der Waals surface area contributed by atoms with Crippen LogP contribution in [0.2, 0.25) is 0 Å². The molecule has 4 nitrogen and oxygen atoms in total. The van der Waals surface area contributed by atoms with Crippen molar-refractivity contribution >= 4 is 16.7 Å². The van der Waals surface area contributed by atoms with Crippen molar-refractivity contribution < 1.29 is 5.21 Å². The summed E-state index contributed by atoms with van der Waals surface area (Å²) in [4.78, 5) is 4.91. The topological polar surface area (TPSA) is 50.4 Å². The van der Waals surface area contributed by atoms with E-state index in [1.165, 1.54) is 12.8 Å². The SMILES string of the molecule is O/N=C1/CCCCCC[C@@H]1n1c(-c2ccccc2)nc2ccccc21. The molecule has 0 unspecified atom stereocenters. The number of hydrogen-bond acceptors (Lipinski definition) is 3. The number of hydrogen-bond donors (Lipinski definition) is 1. The Bertz CT molecular complexity index is 883. The van der Waals surface area contributed by atoms with Gasteiger partial charge in [0.25, 0.3) is 0 Å². The van der Waals surface area contributed by atoms with Crippen LogP contribution in [0.1, 0.15) is 44.6 Å². The van der Waals surface area contributed by atoms with E-state index in [0.29, 0.717) is 0 Å². The summed E-state index contributed by atoms with van der Waals surface area (Å²) in [6.07, 6.45) is 6.51. The minimum atomic E-state index is 0.0629. The first kappa shape index (κ1) is 15.9. The highest BCUT2D eigenvalue weighted by Crippen LogP contribution is 2.33. The van der Waals surface area contributed by atoms with E-state index in [1.54, 1.807) is 0 Å². The molecule has 3 aromatic rings. The van der Waals surface area contributed by atoms with Crippen LogP contribution in [-0.4, -0.2) is 20.5 Å². The van der Waals surface area contributed by atoms with Gasteiger partial charge in [-0.1, -0.05) is 66.9 Å². The first-order valence-corrected chi connectivity index (χ1v) is 9.11. The molecule has 1 fully saturated rings. The van der Waals surface area contributed by atoms with Crippen molar-refractivity contribution in [2.45, 2.75) is 44.6 Å². The summed E-state index contributed by atoms with van der Waals surface area (Å²) in [5.41, 5.74) is 4.06. The maximum atomic E-state index is 9.66. The van der Waals surface area contributed by atoms with Gasteiger partial charge in [-0.25, -0.2) is 4.98 Å². The molecular weight excluding hydrogens is 310 g/mol. The number of oxime groups is 1. The largest absolute Gasteiger partial charge is 0.411 e. The Hall–Kier alpha value is -2.62. The van der Waals surface area contributed by atoms with E-state index in [9.17, 15) is 5.21 Å². The normalized spacial score (nSPS) is 20.5. The molecule has 0 spiro atoms. The van der Waals surface area contributed by atoms with Gasteiger partial charge in [-0.15, -0.1) is 0 Å². The van der Waals surface area contributed by atoms with Gasteiger partial charge >= 0.3 is 0 Å². The van der Waals surface area contributed by atoms with E-state index in [1.807, 2.05) is 30.3 Å². The number of para-hydroxylation sites is 2. The maximum Gasteiger partial charge on any atom is 0.141 e. The highest BCUT2D eigenvalue weighted by Gasteiger charge is 2.25. The average Bonchev–Trinajstić information content (AvgIpc) is 3.02. The lowest BCUT2D eigenvalue weighted by atomic mass is 9.94. The van der Waals surface area contributed by atoms with E-state index in [-0.39, 0.29) is 6.04 Å². The number of nitrogens with zero attached hydrogens (tertiary/aromatic N) is 3. The van der Waals surface area contributed by atoms with Gasteiger partial charge in [-0.2, -0.15) is 0 Å². The lowest BCUT2D eigenvalue weighted by Gasteiger charge is -2.25. The summed E-state index contributed by atoms with van der Waals surface area (Å²) in [6, 6.07) is 18.6. The van der Waals surface area contributed by atoms with Crippen LogP contribution < -0.4 is 0 Å².